The Labute approximate surface area is 102 Å². The van der Waals surface area contributed by atoms with E-state index in [0.717, 1.165) is 18.4 Å². The van der Waals surface area contributed by atoms with Crippen LogP contribution in [-0.4, -0.2) is 30.1 Å². The molecule has 2 nitrogen and oxygen atoms in total. The van der Waals surface area contributed by atoms with E-state index in [1.54, 1.807) is 0 Å². The quantitative estimate of drug-likeness (QED) is 0.781. The maximum absolute atomic E-state index is 6.00. The molecule has 1 fully saturated rings. The molecule has 1 saturated carbocycles. The van der Waals surface area contributed by atoms with Gasteiger partial charge in [0.05, 0.1) is 0 Å². The fraction of sp³-hybridized carbons (Fsp3) is 1.00. The largest absolute Gasteiger partial charge is 0.326 e. The van der Waals surface area contributed by atoms with E-state index in [1.807, 2.05) is 0 Å². The fourth-order valence-corrected chi connectivity index (χ4v) is 2.77. The highest BCUT2D eigenvalue weighted by atomic mass is 15.1. The van der Waals surface area contributed by atoms with Crippen molar-refractivity contribution in [2.75, 3.05) is 13.6 Å². The minimum Gasteiger partial charge on any atom is -0.326 e. The highest BCUT2D eigenvalue weighted by molar-refractivity contribution is 4.78. The Kier molecular flexibility index (Phi) is 5.26. The lowest BCUT2D eigenvalue weighted by molar-refractivity contribution is 0.159. The van der Waals surface area contributed by atoms with Crippen LogP contribution in [0.4, 0.5) is 0 Å². The van der Waals surface area contributed by atoms with Crippen LogP contribution in [0.15, 0.2) is 0 Å². The Morgan fingerprint density at radius 1 is 1.31 bits per heavy atom. The van der Waals surface area contributed by atoms with E-state index in [2.05, 4.69) is 32.7 Å². The van der Waals surface area contributed by atoms with E-state index in [9.17, 15) is 0 Å². The van der Waals surface area contributed by atoms with Gasteiger partial charge in [0.1, 0.15) is 0 Å². The highest BCUT2D eigenvalue weighted by Crippen LogP contribution is 2.26. The van der Waals surface area contributed by atoms with Gasteiger partial charge in [-0.1, -0.05) is 19.8 Å². The molecule has 0 aliphatic heterocycles. The van der Waals surface area contributed by atoms with Crippen molar-refractivity contribution in [2.45, 2.75) is 70.9 Å². The van der Waals surface area contributed by atoms with Gasteiger partial charge in [-0.05, 0) is 59.0 Å². The Balaban J connectivity index is 2.21. The van der Waals surface area contributed by atoms with Crippen LogP contribution >= 0.6 is 0 Å². The van der Waals surface area contributed by atoms with E-state index in [1.165, 1.54) is 38.6 Å². The second-order valence-corrected chi connectivity index (χ2v) is 6.50. The summed E-state index contributed by atoms with van der Waals surface area (Å²) in [6.07, 6.45) is 7.98. The van der Waals surface area contributed by atoms with Crippen LogP contribution in [0.5, 0.6) is 0 Å². The van der Waals surface area contributed by atoms with Crippen LogP contribution in [0.1, 0.15) is 59.3 Å². The topological polar surface area (TPSA) is 29.3 Å². The highest BCUT2D eigenvalue weighted by Gasteiger charge is 2.22. The summed E-state index contributed by atoms with van der Waals surface area (Å²) < 4.78 is 0. The van der Waals surface area contributed by atoms with E-state index in [4.69, 9.17) is 5.73 Å². The molecule has 0 saturated heterocycles. The van der Waals surface area contributed by atoms with Crippen molar-refractivity contribution in [3.8, 4) is 0 Å². The first-order valence-corrected chi connectivity index (χ1v) is 6.87. The molecule has 0 radical (unpaired) electrons. The molecule has 96 valence electrons. The average Bonchev–Trinajstić information content (AvgIpc) is 2.15. The fourth-order valence-electron chi connectivity index (χ4n) is 2.77. The molecule has 2 N–H and O–H groups in total. The SMILES string of the molecule is CC1CCCC(N(C)CCCC(C)(C)N)C1. The molecule has 16 heavy (non-hydrogen) atoms. The van der Waals surface area contributed by atoms with Crippen LogP contribution in [0.25, 0.3) is 0 Å². The summed E-state index contributed by atoms with van der Waals surface area (Å²) in [4.78, 5) is 2.56. The summed E-state index contributed by atoms with van der Waals surface area (Å²) in [5, 5.41) is 0. The normalized spacial score (nSPS) is 27.4. The summed E-state index contributed by atoms with van der Waals surface area (Å²) in [5.74, 6) is 0.923. The standard InChI is InChI=1S/C14H30N2/c1-12-7-5-8-13(11-12)16(4)10-6-9-14(2,3)15/h12-13H,5-11,15H2,1-4H3. The molecule has 1 aliphatic carbocycles. The first kappa shape index (κ1) is 14.0. The van der Waals surface area contributed by atoms with Crippen LogP contribution in [-0.2, 0) is 0 Å². The zero-order valence-corrected chi connectivity index (χ0v) is 11.6. The molecular formula is C14H30N2. The Morgan fingerprint density at radius 3 is 2.56 bits per heavy atom. The Bertz CT molecular complexity index is 195. The lowest BCUT2D eigenvalue weighted by Crippen LogP contribution is -2.38. The zero-order valence-electron chi connectivity index (χ0n) is 11.6. The summed E-state index contributed by atoms with van der Waals surface area (Å²) in [6.45, 7) is 7.84. The van der Waals surface area contributed by atoms with Gasteiger partial charge >= 0.3 is 0 Å². The number of hydrogen-bond acceptors (Lipinski definition) is 2. The molecule has 0 amide bonds. The lowest BCUT2D eigenvalue weighted by atomic mass is 9.86. The molecule has 0 aromatic heterocycles. The molecular weight excluding hydrogens is 196 g/mol. The van der Waals surface area contributed by atoms with Gasteiger partial charge in [-0.2, -0.15) is 0 Å². The van der Waals surface area contributed by atoms with Crippen LogP contribution in [0.2, 0.25) is 0 Å². The predicted octanol–water partition coefficient (Wildman–Crippen LogP) is 3.01. The number of nitrogens with zero attached hydrogens (tertiary/aromatic N) is 1. The van der Waals surface area contributed by atoms with Crippen molar-refractivity contribution in [3.05, 3.63) is 0 Å². The molecule has 2 atom stereocenters. The maximum atomic E-state index is 6.00. The van der Waals surface area contributed by atoms with E-state index >= 15 is 0 Å². The third-order valence-corrected chi connectivity index (χ3v) is 3.86. The van der Waals surface area contributed by atoms with E-state index < -0.39 is 0 Å². The van der Waals surface area contributed by atoms with Gasteiger partial charge in [-0.3, -0.25) is 0 Å². The number of nitrogens with two attached hydrogens (primary N) is 1. The lowest BCUT2D eigenvalue weighted by Gasteiger charge is -2.34. The van der Waals surface area contributed by atoms with Crippen molar-refractivity contribution in [2.24, 2.45) is 11.7 Å². The summed E-state index contributed by atoms with van der Waals surface area (Å²) in [6, 6.07) is 0.824. The van der Waals surface area contributed by atoms with Crippen LogP contribution in [0, 0.1) is 5.92 Å². The number of rotatable bonds is 5. The molecule has 0 aromatic rings. The maximum Gasteiger partial charge on any atom is 0.00975 e. The Morgan fingerprint density at radius 2 is 2.00 bits per heavy atom. The minimum atomic E-state index is 0.000691. The van der Waals surface area contributed by atoms with Crippen molar-refractivity contribution in [1.82, 2.24) is 4.90 Å². The summed E-state index contributed by atoms with van der Waals surface area (Å²) in [7, 11) is 2.28. The molecule has 1 aliphatic rings. The summed E-state index contributed by atoms with van der Waals surface area (Å²) >= 11 is 0. The zero-order chi connectivity index (χ0) is 12.2. The monoisotopic (exact) mass is 226 g/mol. The third kappa shape index (κ3) is 5.31. The number of hydrogen-bond donors (Lipinski definition) is 1. The van der Waals surface area contributed by atoms with Crippen LogP contribution in [0.3, 0.4) is 0 Å². The van der Waals surface area contributed by atoms with Crippen molar-refractivity contribution >= 4 is 0 Å². The van der Waals surface area contributed by atoms with E-state index in [0.29, 0.717) is 0 Å². The van der Waals surface area contributed by atoms with Gasteiger partial charge in [0.2, 0.25) is 0 Å². The molecule has 0 aromatic carbocycles. The minimum absolute atomic E-state index is 0.000691. The van der Waals surface area contributed by atoms with Gasteiger partial charge in [0, 0.05) is 11.6 Å². The van der Waals surface area contributed by atoms with Gasteiger partial charge < -0.3 is 10.6 Å². The second-order valence-electron chi connectivity index (χ2n) is 6.50. The Hall–Kier alpha value is -0.0800. The molecule has 2 unspecified atom stereocenters. The van der Waals surface area contributed by atoms with Gasteiger partial charge in [0.15, 0.2) is 0 Å². The molecule has 0 spiro atoms. The molecule has 0 bridgehead atoms. The smallest absolute Gasteiger partial charge is 0.00975 e. The predicted molar refractivity (Wildman–Crippen MR) is 71.6 cm³/mol. The summed E-state index contributed by atoms with van der Waals surface area (Å²) in [5.41, 5.74) is 6.00. The van der Waals surface area contributed by atoms with Crippen molar-refractivity contribution in [1.29, 1.82) is 0 Å². The molecule has 1 rings (SSSR count). The molecule has 0 heterocycles. The molecule has 2 heteroatoms. The van der Waals surface area contributed by atoms with Gasteiger partial charge in [-0.15, -0.1) is 0 Å². The van der Waals surface area contributed by atoms with E-state index in [-0.39, 0.29) is 5.54 Å². The van der Waals surface area contributed by atoms with Crippen molar-refractivity contribution in [3.63, 3.8) is 0 Å². The van der Waals surface area contributed by atoms with Gasteiger partial charge in [-0.25, -0.2) is 0 Å². The third-order valence-electron chi connectivity index (χ3n) is 3.86. The first-order valence-electron chi connectivity index (χ1n) is 6.87. The van der Waals surface area contributed by atoms with Crippen molar-refractivity contribution < 1.29 is 0 Å². The van der Waals surface area contributed by atoms with Gasteiger partial charge in [0.25, 0.3) is 0 Å². The second kappa shape index (κ2) is 6.02. The average molecular weight is 226 g/mol. The first-order chi connectivity index (χ1) is 7.38. The van der Waals surface area contributed by atoms with Crippen LogP contribution < -0.4 is 5.73 Å².